The average molecular weight is 510 g/mol. The van der Waals surface area contributed by atoms with Gasteiger partial charge in [-0.2, -0.15) is 0 Å². The minimum absolute atomic E-state index is 0.190. The van der Waals surface area contributed by atoms with Crippen LogP contribution >= 0.6 is 0 Å². The smallest absolute Gasteiger partial charge is 0.408 e. The first-order valence-electron chi connectivity index (χ1n) is 11.6. The molecule has 0 aliphatic heterocycles. The number of rotatable bonds is 8. The first-order valence-corrected chi connectivity index (χ1v) is 11.6. The fraction of sp³-hybridized carbons (Fsp3) is 0.615. The van der Waals surface area contributed by atoms with Gasteiger partial charge in [0, 0.05) is 0 Å². The highest BCUT2D eigenvalue weighted by Gasteiger charge is 2.42. The maximum atomic E-state index is 13.2. The minimum Gasteiger partial charge on any atom is -0.465 e. The van der Waals surface area contributed by atoms with E-state index in [1.807, 2.05) is 0 Å². The molecule has 2 atom stereocenters. The van der Waals surface area contributed by atoms with E-state index in [1.165, 1.54) is 13.2 Å². The van der Waals surface area contributed by atoms with E-state index in [9.17, 15) is 19.2 Å². The lowest BCUT2D eigenvalue weighted by atomic mass is 10.1. The molecule has 1 amide bonds. The average Bonchev–Trinajstić information content (AvgIpc) is 2.68. The molecular weight excluding hydrogens is 470 g/mol. The van der Waals surface area contributed by atoms with Crippen molar-refractivity contribution in [3.63, 3.8) is 0 Å². The topological polar surface area (TPSA) is 126 Å². The number of hydrogen-bond donors (Lipinski definition) is 1. The first-order chi connectivity index (χ1) is 16.3. The molecule has 0 saturated carbocycles. The molecule has 0 spiro atoms. The lowest BCUT2D eigenvalue weighted by Gasteiger charge is -2.31. The first kappa shape index (κ1) is 30.9. The second kappa shape index (κ2) is 12.2. The van der Waals surface area contributed by atoms with Crippen molar-refractivity contribution in [3.8, 4) is 0 Å². The Morgan fingerprint density at radius 3 is 1.83 bits per heavy atom. The summed E-state index contributed by atoms with van der Waals surface area (Å²) in [5.74, 6) is -2.34. The largest absolute Gasteiger partial charge is 0.465 e. The van der Waals surface area contributed by atoms with Gasteiger partial charge < -0.3 is 29.0 Å². The predicted octanol–water partition coefficient (Wildman–Crippen LogP) is 3.94. The summed E-state index contributed by atoms with van der Waals surface area (Å²) in [7, 11) is 1.26. The molecule has 0 heterocycles. The summed E-state index contributed by atoms with van der Waals surface area (Å²) in [5, 5.41) is 2.40. The van der Waals surface area contributed by atoms with E-state index in [0.29, 0.717) is 5.56 Å². The van der Waals surface area contributed by atoms with Crippen LogP contribution in [0.5, 0.6) is 0 Å². The molecule has 10 heteroatoms. The Morgan fingerprint density at radius 1 is 0.806 bits per heavy atom. The second-order valence-corrected chi connectivity index (χ2v) is 11.1. The fourth-order valence-corrected chi connectivity index (χ4v) is 2.81. The van der Waals surface area contributed by atoms with Gasteiger partial charge in [0.2, 0.25) is 0 Å². The van der Waals surface area contributed by atoms with Gasteiger partial charge in [-0.25, -0.2) is 19.2 Å². The van der Waals surface area contributed by atoms with E-state index in [2.05, 4.69) is 5.32 Å². The van der Waals surface area contributed by atoms with Gasteiger partial charge in [0.25, 0.3) is 0 Å². The third-order valence-corrected chi connectivity index (χ3v) is 4.05. The summed E-state index contributed by atoms with van der Waals surface area (Å²) in [5.41, 5.74) is -1.89. The highest BCUT2D eigenvalue weighted by molar-refractivity contribution is 5.90. The Balaban J connectivity index is 3.36. The molecule has 1 N–H and O–H groups in total. The van der Waals surface area contributed by atoms with Crippen molar-refractivity contribution in [2.75, 3.05) is 7.11 Å². The molecule has 0 saturated heterocycles. The van der Waals surface area contributed by atoms with Gasteiger partial charge in [0.05, 0.1) is 19.3 Å². The monoisotopic (exact) mass is 509 g/mol. The van der Waals surface area contributed by atoms with Crippen LogP contribution in [0.3, 0.4) is 0 Å². The van der Waals surface area contributed by atoms with Crippen molar-refractivity contribution in [1.82, 2.24) is 5.32 Å². The maximum absolute atomic E-state index is 13.2. The zero-order chi connectivity index (χ0) is 27.9. The number of ether oxygens (including phenoxy) is 5. The minimum atomic E-state index is -1.59. The van der Waals surface area contributed by atoms with Crippen LogP contribution in [0.25, 0.3) is 0 Å². The number of esters is 3. The zero-order valence-corrected chi connectivity index (χ0v) is 22.8. The van der Waals surface area contributed by atoms with E-state index in [4.69, 9.17) is 23.7 Å². The Kier molecular flexibility index (Phi) is 10.5. The van der Waals surface area contributed by atoms with Gasteiger partial charge in [0.15, 0.2) is 12.1 Å². The lowest BCUT2D eigenvalue weighted by molar-refractivity contribution is -0.180. The fourth-order valence-electron chi connectivity index (χ4n) is 2.81. The Labute approximate surface area is 212 Å². The third kappa shape index (κ3) is 11.5. The molecule has 0 aromatic heterocycles. The van der Waals surface area contributed by atoms with Crippen molar-refractivity contribution in [2.24, 2.45) is 0 Å². The predicted molar refractivity (Wildman–Crippen MR) is 131 cm³/mol. The molecule has 0 radical (unpaired) electrons. The quantitative estimate of drug-likeness (QED) is 0.409. The highest BCUT2D eigenvalue weighted by Crippen LogP contribution is 2.19. The molecule has 202 valence electrons. The van der Waals surface area contributed by atoms with Crippen LogP contribution in [0.15, 0.2) is 24.3 Å². The van der Waals surface area contributed by atoms with Crippen molar-refractivity contribution < 1.29 is 42.9 Å². The SMILES string of the molecule is COC(=O)c1cccc(CO[C@H](C(=O)OC(C)(C)C)[C@H](NC(=O)OC(C)(C)C)C(=O)OC(C)(C)C)c1. The summed E-state index contributed by atoms with van der Waals surface area (Å²) in [6.45, 7) is 14.7. The number of methoxy groups -OCH3 is 1. The summed E-state index contributed by atoms with van der Waals surface area (Å²) < 4.78 is 26.8. The molecule has 0 bridgehead atoms. The Bertz CT molecular complexity index is 936. The highest BCUT2D eigenvalue weighted by atomic mass is 16.6. The summed E-state index contributed by atoms with van der Waals surface area (Å²) in [4.78, 5) is 50.7. The molecule has 36 heavy (non-hydrogen) atoms. The van der Waals surface area contributed by atoms with Crippen molar-refractivity contribution >= 4 is 24.0 Å². The Hall–Kier alpha value is -3.14. The number of carbonyl (C=O) groups is 4. The van der Waals surface area contributed by atoms with Crippen LogP contribution in [0.4, 0.5) is 4.79 Å². The van der Waals surface area contributed by atoms with E-state index in [0.717, 1.165) is 0 Å². The van der Waals surface area contributed by atoms with Crippen LogP contribution < -0.4 is 5.32 Å². The van der Waals surface area contributed by atoms with Gasteiger partial charge in [-0.05, 0) is 80.0 Å². The van der Waals surface area contributed by atoms with Gasteiger partial charge in [-0.15, -0.1) is 0 Å². The van der Waals surface area contributed by atoms with Gasteiger partial charge >= 0.3 is 24.0 Å². The van der Waals surface area contributed by atoms with E-state index >= 15 is 0 Å². The van der Waals surface area contributed by atoms with Crippen molar-refractivity contribution in [3.05, 3.63) is 35.4 Å². The maximum Gasteiger partial charge on any atom is 0.408 e. The molecular formula is C26H39NO9. The van der Waals surface area contributed by atoms with Crippen LogP contribution in [-0.4, -0.2) is 60.1 Å². The Morgan fingerprint density at radius 2 is 1.33 bits per heavy atom. The third-order valence-electron chi connectivity index (χ3n) is 4.05. The molecule has 0 fully saturated rings. The number of amides is 1. The second-order valence-electron chi connectivity index (χ2n) is 11.1. The molecule has 1 rings (SSSR count). The van der Waals surface area contributed by atoms with Gasteiger partial charge in [-0.1, -0.05) is 12.1 Å². The van der Waals surface area contributed by atoms with Crippen LogP contribution in [-0.2, 0) is 39.9 Å². The molecule has 1 aromatic rings. The van der Waals surface area contributed by atoms with E-state index < -0.39 is 53.0 Å². The molecule has 0 aliphatic carbocycles. The number of nitrogens with one attached hydrogen (secondary N) is 1. The normalized spacial score (nSPS) is 13.7. The molecule has 0 unspecified atom stereocenters. The number of hydrogen-bond acceptors (Lipinski definition) is 9. The zero-order valence-electron chi connectivity index (χ0n) is 22.8. The molecule has 1 aromatic carbocycles. The lowest BCUT2D eigenvalue weighted by Crippen LogP contribution is -2.56. The van der Waals surface area contributed by atoms with Crippen molar-refractivity contribution in [2.45, 2.75) is 97.9 Å². The number of carbonyl (C=O) groups excluding carboxylic acids is 4. The number of alkyl carbamates (subject to hydrolysis) is 1. The van der Waals surface area contributed by atoms with Gasteiger partial charge in [-0.3, -0.25) is 0 Å². The summed E-state index contributed by atoms with van der Waals surface area (Å²) in [6.07, 6.45) is -2.53. The summed E-state index contributed by atoms with van der Waals surface area (Å²) in [6, 6.07) is 4.80. The van der Waals surface area contributed by atoms with E-state index in [-0.39, 0.29) is 12.2 Å². The van der Waals surface area contributed by atoms with E-state index in [1.54, 1.807) is 80.5 Å². The van der Waals surface area contributed by atoms with Crippen LogP contribution in [0, 0.1) is 0 Å². The number of benzene rings is 1. The molecule has 10 nitrogen and oxygen atoms in total. The van der Waals surface area contributed by atoms with Crippen LogP contribution in [0.1, 0.15) is 78.2 Å². The van der Waals surface area contributed by atoms with Crippen LogP contribution in [0.2, 0.25) is 0 Å². The molecule has 0 aliphatic rings. The standard InChI is InChI=1S/C26H39NO9/c1-24(2,3)34-21(29)18(27-23(31)36-26(7,8)9)19(22(30)35-25(4,5)6)33-15-16-12-11-13-17(14-16)20(28)32-10/h11-14,18-19H,15H2,1-10H3,(H,27,31)/t18-,19-/m0/s1. The van der Waals surface area contributed by atoms with Gasteiger partial charge in [0.1, 0.15) is 16.8 Å². The summed E-state index contributed by atoms with van der Waals surface area (Å²) >= 11 is 0. The van der Waals surface area contributed by atoms with Crippen molar-refractivity contribution in [1.29, 1.82) is 0 Å².